The van der Waals surface area contributed by atoms with Crippen LogP contribution in [0, 0.1) is 5.92 Å². The molecule has 0 amide bonds. The molecule has 0 aromatic heterocycles. The summed E-state index contributed by atoms with van der Waals surface area (Å²) in [7, 11) is 0. The van der Waals surface area contributed by atoms with Crippen LogP contribution < -0.4 is 10.1 Å². The van der Waals surface area contributed by atoms with Gasteiger partial charge in [-0.3, -0.25) is 0 Å². The summed E-state index contributed by atoms with van der Waals surface area (Å²) in [6, 6.07) is 8.72. The van der Waals surface area contributed by atoms with E-state index >= 15 is 0 Å². The minimum Gasteiger partial charge on any atom is -0.486 e. The van der Waals surface area contributed by atoms with Crippen LogP contribution >= 0.6 is 0 Å². The number of likely N-dealkylation sites (tertiary alicyclic amines) is 1. The van der Waals surface area contributed by atoms with E-state index in [4.69, 9.17) is 4.74 Å². The van der Waals surface area contributed by atoms with Crippen molar-refractivity contribution in [2.24, 2.45) is 5.92 Å². The van der Waals surface area contributed by atoms with Gasteiger partial charge in [0.05, 0.1) is 6.04 Å². The van der Waals surface area contributed by atoms with Crippen LogP contribution in [0.25, 0.3) is 0 Å². The molecule has 0 radical (unpaired) electrons. The lowest BCUT2D eigenvalue weighted by Crippen LogP contribution is -2.41. The van der Waals surface area contributed by atoms with Crippen LogP contribution in [0.2, 0.25) is 0 Å². The Bertz CT molecular complexity index is 472. The van der Waals surface area contributed by atoms with Crippen molar-refractivity contribution in [2.45, 2.75) is 38.8 Å². The van der Waals surface area contributed by atoms with Gasteiger partial charge in [0, 0.05) is 12.1 Å². The highest BCUT2D eigenvalue weighted by molar-refractivity contribution is 5.42. The van der Waals surface area contributed by atoms with Gasteiger partial charge in [-0.1, -0.05) is 25.1 Å². The fourth-order valence-electron chi connectivity index (χ4n) is 3.54. The number of hydrogen-bond donors (Lipinski definition) is 1. The number of hydrogen-bond acceptors (Lipinski definition) is 3. The predicted molar refractivity (Wildman–Crippen MR) is 82.1 cm³/mol. The summed E-state index contributed by atoms with van der Waals surface area (Å²) < 4.78 is 6.09. The van der Waals surface area contributed by atoms with E-state index in [1.807, 2.05) is 6.07 Å². The Morgan fingerprint density at radius 2 is 2.15 bits per heavy atom. The number of para-hydroxylation sites is 1. The third-order valence-corrected chi connectivity index (χ3v) is 4.73. The van der Waals surface area contributed by atoms with Crippen LogP contribution in [0.4, 0.5) is 0 Å². The van der Waals surface area contributed by atoms with Crippen molar-refractivity contribution in [3.05, 3.63) is 29.8 Å². The van der Waals surface area contributed by atoms with Crippen molar-refractivity contribution in [3.8, 4) is 5.75 Å². The Kier molecular flexibility index (Phi) is 3.74. The summed E-state index contributed by atoms with van der Waals surface area (Å²) in [4.78, 5) is 2.54. The molecular weight excluding hydrogens is 248 g/mol. The van der Waals surface area contributed by atoms with Crippen LogP contribution in [-0.2, 0) is 0 Å². The topological polar surface area (TPSA) is 24.5 Å². The fraction of sp³-hybridized carbons (Fsp3) is 0.647. The molecule has 2 aliphatic heterocycles. The van der Waals surface area contributed by atoms with E-state index in [2.05, 4.69) is 49.2 Å². The molecular formula is C17H26N2O. The van der Waals surface area contributed by atoms with Gasteiger partial charge in [0.1, 0.15) is 11.4 Å². The maximum absolute atomic E-state index is 6.09. The standard InChI is InChI=1S/C17H26N2O/c1-4-19-10-9-13(12-19)11-18-16-14-7-5-6-8-15(14)20-17(16,2)3/h5-8,13,16,18H,4,9-12H2,1-3H3. The Labute approximate surface area is 122 Å². The molecule has 3 heteroatoms. The molecule has 3 nitrogen and oxygen atoms in total. The number of fused-ring (bicyclic) bond motifs is 1. The first kappa shape index (κ1) is 13.9. The monoisotopic (exact) mass is 274 g/mol. The number of ether oxygens (including phenoxy) is 1. The molecule has 0 spiro atoms. The molecule has 1 N–H and O–H groups in total. The third kappa shape index (κ3) is 2.57. The molecule has 1 saturated heterocycles. The van der Waals surface area contributed by atoms with Crippen LogP contribution in [0.1, 0.15) is 38.8 Å². The van der Waals surface area contributed by atoms with Crippen LogP contribution in [-0.4, -0.2) is 36.7 Å². The van der Waals surface area contributed by atoms with E-state index in [-0.39, 0.29) is 5.60 Å². The smallest absolute Gasteiger partial charge is 0.125 e. The van der Waals surface area contributed by atoms with Gasteiger partial charge in [-0.25, -0.2) is 0 Å². The summed E-state index contributed by atoms with van der Waals surface area (Å²) in [5.41, 5.74) is 1.15. The summed E-state index contributed by atoms with van der Waals surface area (Å²) in [6.07, 6.45) is 1.32. The second-order valence-electron chi connectivity index (χ2n) is 6.63. The molecule has 2 atom stereocenters. The van der Waals surface area contributed by atoms with E-state index in [9.17, 15) is 0 Å². The lowest BCUT2D eigenvalue weighted by atomic mass is 9.94. The minimum atomic E-state index is -0.160. The lowest BCUT2D eigenvalue weighted by molar-refractivity contribution is 0.0946. The maximum Gasteiger partial charge on any atom is 0.125 e. The van der Waals surface area contributed by atoms with E-state index in [0.29, 0.717) is 6.04 Å². The molecule has 3 rings (SSSR count). The third-order valence-electron chi connectivity index (χ3n) is 4.73. The fourth-order valence-corrected chi connectivity index (χ4v) is 3.54. The van der Waals surface area contributed by atoms with Gasteiger partial charge in [-0.2, -0.15) is 0 Å². The molecule has 1 aromatic rings. The van der Waals surface area contributed by atoms with Crippen molar-refractivity contribution in [3.63, 3.8) is 0 Å². The quantitative estimate of drug-likeness (QED) is 0.913. The van der Waals surface area contributed by atoms with Gasteiger partial charge in [0.25, 0.3) is 0 Å². The van der Waals surface area contributed by atoms with Gasteiger partial charge in [0.15, 0.2) is 0 Å². The first-order valence-electron chi connectivity index (χ1n) is 7.84. The Hall–Kier alpha value is -1.06. The zero-order chi connectivity index (χ0) is 14.2. The maximum atomic E-state index is 6.09. The van der Waals surface area contributed by atoms with Gasteiger partial charge in [0.2, 0.25) is 0 Å². The van der Waals surface area contributed by atoms with Gasteiger partial charge in [-0.15, -0.1) is 0 Å². The number of nitrogens with one attached hydrogen (secondary N) is 1. The van der Waals surface area contributed by atoms with Crippen LogP contribution in [0.15, 0.2) is 24.3 Å². The SMILES string of the molecule is CCN1CCC(CNC2c3ccccc3OC2(C)C)C1. The van der Waals surface area contributed by atoms with E-state index in [1.165, 1.54) is 31.6 Å². The van der Waals surface area contributed by atoms with E-state index < -0.39 is 0 Å². The Balaban J connectivity index is 1.65. The minimum absolute atomic E-state index is 0.160. The van der Waals surface area contributed by atoms with Gasteiger partial charge >= 0.3 is 0 Å². The van der Waals surface area contributed by atoms with Crippen molar-refractivity contribution in [1.29, 1.82) is 0 Å². The molecule has 1 fully saturated rings. The van der Waals surface area contributed by atoms with Crippen molar-refractivity contribution >= 4 is 0 Å². The molecule has 1 aromatic carbocycles. The van der Waals surface area contributed by atoms with E-state index in [0.717, 1.165) is 18.2 Å². The zero-order valence-corrected chi connectivity index (χ0v) is 12.9. The normalized spacial score (nSPS) is 28.4. The largest absolute Gasteiger partial charge is 0.486 e. The number of benzene rings is 1. The second-order valence-corrected chi connectivity index (χ2v) is 6.63. The summed E-state index contributed by atoms with van der Waals surface area (Å²) in [5.74, 6) is 1.81. The highest BCUT2D eigenvalue weighted by atomic mass is 16.5. The summed E-state index contributed by atoms with van der Waals surface area (Å²) in [5, 5.41) is 3.76. The zero-order valence-electron chi connectivity index (χ0n) is 12.9. The van der Waals surface area contributed by atoms with Crippen LogP contribution in [0.5, 0.6) is 5.75 Å². The van der Waals surface area contributed by atoms with Crippen molar-refractivity contribution in [1.82, 2.24) is 10.2 Å². The summed E-state index contributed by atoms with van der Waals surface area (Å²) in [6.45, 7) is 11.4. The first-order chi connectivity index (χ1) is 9.60. The average Bonchev–Trinajstić information content (AvgIpc) is 2.97. The van der Waals surface area contributed by atoms with E-state index in [1.54, 1.807) is 0 Å². The Morgan fingerprint density at radius 3 is 2.90 bits per heavy atom. The average molecular weight is 274 g/mol. The molecule has 2 aliphatic rings. The van der Waals surface area contributed by atoms with Crippen LogP contribution in [0.3, 0.4) is 0 Å². The number of rotatable bonds is 4. The molecule has 2 unspecified atom stereocenters. The van der Waals surface area contributed by atoms with Gasteiger partial charge in [-0.05, 0) is 51.9 Å². The second kappa shape index (κ2) is 5.38. The molecule has 20 heavy (non-hydrogen) atoms. The summed E-state index contributed by atoms with van der Waals surface area (Å²) >= 11 is 0. The predicted octanol–water partition coefficient (Wildman–Crippen LogP) is 2.83. The molecule has 110 valence electrons. The molecule has 0 bridgehead atoms. The highest BCUT2D eigenvalue weighted by Crippen LogP contribution is 2.42. The van der Waals surface area contributed by atoms with Gasteiger partial charge < -0.3 is 15.0 Å². The van der Waals surface area contributed by atoms with Crippen molar-refractivity contribution < 1.29 is 4.74 Å². The molecule has 0 aliphatic carbocycles. The lowest BCUT2D eigenvalue weighted by Gasteiger charge is -2.28. The Morgan fingerprint density at radius 1 is 1.35 bits per heavy atom. The molecule has 2 heterocycles. The molecule has 0 saturated carbocycles. The number of nitrogens with zero attached hydrogens (tertiary/aromatic N) is 1. The highest BCUT2D eigenvalue weighted by Gasteiger charge is 2.41. The van der Waals surface area contributed by atoms with Crippen molar-refractivity contribution in [2.75, 3.05) is 26.2 Å². The first-order valence-corrected chi connectivity index (χ1v) is 7.84.